The Morgan fingerprint density at radius 2 is 1.75 bits per heavy atom. The number of nitrogens with one attached hydrogen (secondary N) is 2. The number of carbonyl (C=O) groups excluding carboxylic acids is 2. The minimum absolute atomic E-state index is 0. The van der Waals surface area contributed by atoms with Crippen molar-refractivity contribution in [1.29, 1.82) is 0 Å². The number of carbonyl (C=O) groups is 2. The molecule has 3 fully saturated rings. The van der Waals surface area contributed by atoms with Gasteiger partial charge in [-0.25, -0.2) is 0 Å². The molecule has 3 saturated heterocycles. The van der Waals surface area contributed by atoms with E-state index in [0.29, 0.717) is 23.9 Å². The van der Waals surface area contributed by atoms with Crippen LogP contribution in [0.2, 0.25) is 0 Å². The van der Waals surface area contributed by atoms with Gasteiger partial charge in [-0.15, -0.1) is 12.4 Å². The SMILES string of the molecule is CN1CCC(N2CCN(C(=O)[C@H](CC3CCOCC3)NC(=O)c3ccc4cc[nH]c4c3)CC2)CC1.Cl. The second-order valence-corrected chi connectivity index (χ2v) is 10.5. The summed E-state index contributed by atoms with van der Waals surface area (Å²) in [5.74, 6) is 0.273. The van der Waals surface area contributed by atoms with E-state index in [1.165, 1.54) is 12.8 Å². The Morgan fingerprint density at radius 3 is 2.47 bits per heavy atom. The average molecular weight is 518 g/mol. The zero-order valence-electron chi connectivity index (χ0n) is 21.3. The highest BCUT2D eigenvalue weighted by Crippen LogP contribution is 2.23. The van der Waals surface area contributed by atoms with E-state index in [9.17, 15) is 9.59 Å². The third-order valence-corrected chi connectivity index (χ3v) is 8.16. The summed E-state index contributed by atoms with van der Waals surface area (Å²) in [5.41, 5.74) is 1.51. The smallest absolute Gasteiger partial charge is 0.252 e. The summed E-state index contributed by atoms with van der Waals surface area (Å²) in [6.45, 7) is 7.08. The van der Waals surface area contributed by atoms with Gasteiger partial charge in [0.2, 0.25) is 5.91 Å². The molecule has 0 saturated carbocycles. The fraction of sp³-hybridized carbons (Fsp3) is 0.630. The molecule has 9 heteroatoms. The maximum Gasteiger partial charge on any atom is 0.252 e. The van der Waals surface area contributed by atoms with Gasteiger partial charge in [-0.05, 0) is 81.7 Å². The van der Waals surface area contributed by atoms with Gasteiger partial charge in [-0.2, -0.15) is 0 Å². The van der Waals surface area contributed by atoms with Crippen molar-refractivity contribution in [3.8, 4) is 0 Å². The number of hydrogen-bond acceptors (Lipinski definition) is 5. The summed E-state index contributed by atoms with van der Waals surface area (Å²) < 4.78 is 5.52. The molecule has 5 rings (SSSR count). The first-order valence-electron chi connectivity index (χ1n) is 13.2. The average Bonchev–Trinajstić information content (AvgIpc) is 3.37. The quantitative estimate of drug-likeness (QED) is 0.616. The van der Waals surface area contributed by atoms with Crippen molar-refractivity contribution in [1.82, 2.24) is 25.0 Å². The lowest BCUT2D eigenvalue weighted by Gasteiger charge is -2.43. The van der Waals surface area contributed by atoms with Crippen LogP contribution in [0.1, 0.15) is 42.5 Å². The molecule has 2 amide bonds. The van der Waals surface area contributed by atoms with Crippen molar-refractivity contribution in [3.63, 3.8) is 0 Å². The van der Waals surface area contributed by atoms with Gasteiger partial charge in [0.15, 0.2) is 0 Å². The van der Waals surface area contributed by atoms with Gasteiger partial charge < -0.3 is 24.8 Å². The standard InChI is InChI=1S/C27H39N5O3.ClH/c1-30-10-5-23(6-11-30)31-12-14-32(15-13-31)27(34)25(18-20-7-16-35-17-8-20)29-26(33)22-3-2-21-4-9-28-24(21)19-22;/h2-4,9,19-20,23,25,28H,5-8,10-18H2,1H3,(H,29,33);1H/t25-;/m0./s1. The molecule has 8 nitrogen and oxygen atoms in total. The van der Waals surface area contributed by atoms with E-state index in [4.69, 9.17) is 4.74 Å². The van der Waals surface area contributed by atoms with E-state index in [2.05, 4.69) is 27.1 Å². The number of piperazine rings is 1. The van der Waals surface area contributed by atoms with Crippen LogP contribution >= 0.6 is 12.4 Å². The first kappa shape index (κ1) is 26.9. The highest BCUT2D eigenvalue weighted by molar-refractivity contribution is 6.00. The number of halogens is 1. The van der Waals surface area contributed by atoms with E-state index < -0.39 is 6.04 Å². The van der Waals surface area contributed by atoms with Crippen molar-refractivity contribution in [3.05, 3.63) is 36.0 Å². The number of amides is 2. The lowest BCUT2D eigenvalue weighted by molar-refractivity contribution is -0.136. The molecule has 3 aliphatic heterocycles. The molecule has 0 bridgehead atoms. The van der Waals surface area contributed by atoms with Gasteiger partial charge >= 0.3 is 0 Å². The van der Waals surface area contributed by atoms with Crippen molar-refractivity contribution >= 4 is 35.1 Å². The van der Waals surface area contributed by atoms with E-state index in [0.717, 1.165) is 76.2 Å². The van der Waals surface area contributed by atoms with Crippen LogP contribution in [0.25, 0.3) is 10.9 Å². The fourth-order valence-electron chi connectivity index (χ4n) is 5.86. The van der Waals surface area contributed by atoms with Crippen LogP contribution in [-0.2, 0) is 9.53 Å². The topological polar surface area (TPSA) is 80.9 Å². The van der Waals surface area contributed by atoms with Gasteiger partial charge in [0.05, 0.1) is 0 Å². The zero-order valence-corrected chi connectivity index (χ0v) is 22.1. The summed E-state index contributed by atoms with van der Waals surface area (Å²) in [4.78, 5) is 37.0. The predicted molar refractivity (Wildman–Crippen MR) is 144 cm³/mol. The number of aromatic amines is 1. The molecule has 1 atom stereocenters. The summed E-state index contributed by atoms with van der Waals surface area (Å²) in [6, 6.07) is 7.75. The second kappa shape index (κ2) is 12.4. The summed E-state index contributed by atoms with van der Waals surface area (Å²) >= 11 is 0. The number of ether oxygens (including phenoxy) is 1. The number of hydrogen-bond donors (Lipinski definition) is 2. The number of likely N-dealkylation sites (tertiary alicyclic amines) is 1. The van der Waals surface area contributed by atoms with Crippen molar-refractivity contribution in [2.75, 3.05) is 59.5 Å². The highest BCUT2D eigenvalue weighted by atomic mass is 35.5. The van der Waals surface area contributed by atoms with Crippen LogP contribution in [0.5, 0.6) is 0 Å². The summed E-state index contributed by atoms with van der Waals surface area (Å²) in [5, 5.41) is 4.18. The Labute approximate surface area is 220 Å². The van der Waals surface area contributed by atoms with Crippen LogP contribution in [0, 0.1) is 5.92 Å². The Kier molecular flexibility index (Phi) is 9.28. The largest absolute Gasteiger partial charge is 0.381 e. The Bertz CT molecular complexity index is 1010. The fourth-order valence-corrected chi connectivity index (χ4v) is 5.86. The molecule has 0 aliphatic carbocycles. The second-order valence-electron chi connectivity index (χ2n) is 10.5. The maximum atomic E-state index is 13.7. The Morgan fingerprint density at radius 1 is 1.03 bits per heavy atom. The van der Waals surface area contributed by atoms with Crippen molar-refractivity contribution < 1.29 is 14.3 Å². The third-order valence-electron chi connectivity index (χ3n) is 8.16. The normalized spacial score (nSPS) is 21.8. The molecule has 0 spiro atoms. The van der Waals surface area contributed by atoms with Crippen molar-refractivity contribution in [2.24, 2.45) is 5.92 Å². The Balaban J connectivity index is 0.00000304. The van der Waals surface area contributed by atoms with Crippen LogP contribution in [-0.4, -0.2) is 103 Å². The molecule has 1 aromatic carbocycles. The number of piperidine rings is 1. The van der Waals surface area contributed by atoms with Gasteiger partial charge in [-0.3, -0.25) is 14.5 Å². The first-order valence-corrected chi connectivity index (χ1v) is 13.2. The molecule has 1 aromatic heterocycles. The van der Waals surface area contributed by atoms with Gasteiger partial charge in [-0.1, -0.05) is 6.07 Å². The van der Waals surface area contributed by atoms with Crippen LogP contribution in [0.15, 0.2) is 30.5 Å². The molecular formula is C27H40ClN5O3. The van der Waals surface area contributed by atoms with E-state index >= 15 is 0 Å². The lowest BCUT2D eigenvalue weighted by atomic mass is 9.91. The zero-order chi connectivity index (χ0) is 24.2. The molecule has 0 unspecified atom stereocenters. The number of nitrogens with zero attached hydrogens (tertiary/aromatic N) is 3. The van der Waals surface area contributed by atoms with Crippen LogP contribution in [0.4, 0.5) is 0 Å². The molecule has 198 valence electrons. The lowest BCUT2D eigenvalue weighted by Crippen LogP contribution is -2.57. The van der Waals surface area contributed by atoms with E-state index in [1.807, 2.05) is 35.4 Å². The predicted octanol–water partition coefficient (Wildman–Crippen LogP) is 2.74. The summed E-state index contributed by atoms with van der Waals surface area (Å²) in [6.07, 6.45) is 6.84. The number of rotatable bonds is 6. The summed E-state index contributed by atoms with van der Waals surface area (Å²) in [7, 11) is 2.19. The van der Waals surface area contributed by atoms with Gasteiger partial charge in [0.1, 0.15) is 6.04 Å². The first-order chi connectivity index (χ1) is 17.1. The van der Waals surface area contributed by atoms with Crippen molar-refractivity contribution in [2.45, 2.75) is 44.2 Å². The van der Waals surface area contributed by atoms with Crippen LogP contribution < -0.4 is 5.32 Å². The number of H-pyrrole nitrogens is 1. The van der Waals surface area contributed by atoms with E-state index in [1.54, 1.807) is 0 Å². The highest BCUT2D eigenvalue weighted by Gasteiger charge is 2.33. The number of aromatic nitrogens is 1. The number of benzene rings is 1. The Hall–Kier alpha value is -2.13. The molecule has 36 heavy (non-hydrogen) atoms. The molecule has 2 N–H and O–H groups in total. The van der Waals surface area contributed by atoms with Gasteiger partial charge in [0.25, 0.3) is 5.91 Å². The minimum atomic E-state index is -0.500. The monoisotopic (exact) mass is 517 g/mol. The van der Waals surface area contributed by atoms with Gasteiger partial charge in [0, 0.05) is 62.7 Å². The molecule has 0 radical (unpaired) electrons. The number of fused-ring (bicyclic) bond motifs is 1. The van der Waals surface area contributed by atoms with E-state index in [-0.39, 0.29) is 24.2 Å². The molecular weight excluding hydrogens is 478 g/mol. The molecule has 3 aliphatic rings. The third kappa shape index (κ3) is 6.40. The minimum Gasteiger partial charge on any atom is -0.381 e. The molecule has 2 aromatic rings. The maximum absolute atomic E-state index is 13.7. The molecule has 4 heterocycles. The van der Waals surface area contributed by atoms with Crippen LogP contribution in [0.3, 0.4) is 0 Å².